The molecule has 3 aromatic carbocycles. The fourth-order valence-corrected chi connectivity index (χ4v) is 6.64. The van der Waals surface area contributed by atoms with E-state index >= 15 is 0 Å². The summed E-state index contributed by atoms with van der Waals surface area (Å²) < 4.78 is 14.4. The molecule has 1 fully saturated rings. The molecule has 0 saturated carbocycles. The number of hydrogen-bond donors (Lipinski definition) is 1. The lowest BCUT2D eigenvalue weighted by Crippen LogP contribution is -2.44. The first-order valence-electron chi connectivity index (χ1n) is 14.1. The number of piperidine rings is 1. The second kappa shape index (κ2) is 12.8. The number of amides is 2. The third kappa shape index (κ3) is 6.48. The van der Waals surface area contributed by atoms with Crippen LogP contribution in [0.1, 0.15) is 61.0 Å². The molecule has 0 bridgehead atoms. The Hall–Kier alpha value is -3.42. The second-order valence-electron chi connectivity index (χ2n) is 10.7. The quantitative estimate of drug-likeness (QED) is 0.242. The molecule has 2 atom stereocenters. The molecule has 2 aliphatic heterocycles. The number of carbonyl (C=O) groups is 2. The molecular formula is C33H36FN3O2S. The average Bonchev–Trinajstić information content (AvgIpc) is 2.96. The first kappa shape index (κ1) is 28.1. The van der Waals surface area contributed by atoms with Gasteiger partial charge in [0.1, 0.15) is 5.82 Å². The van der Waals surface area contributed by atoms with Crippen molar-refractivity contribution in [2.75, 3.05) is 18.0 Å². The van der Waals surface area contributed by atoms with Gasteiger partial charge in [0.15, 0.2) is 0 Å². The van der Waals surface area contributed by atoms with Crippen molar-refractivity contribution in [2.45, 2.75) is 63.1 Å². The molecule has 7 heteroatoms. The van der Waals surface area contributed by atoms with Gasteiger partial charge < -0.3 is 10.2 Å². The molecule has 2 amide bonds. The highest BCUT2D eigenvalue weighted by molar-refractivity contribution is 8.04. The molecule has 5 nitrogen and oxygen atoms in total. The van der Waals surface area contributed by atoms with E-state index in [0.29, 0.717) is 34.7 Å². The summed E-state index contributed by atoms with van der Waals surface area (Å²) in [6, 6.07) is 22.7. The van der Waals surface area contributed by atoms with Crippen LogP contribution in [0, 0.1) is 5.82 Å². The van der Waals surface area contributed by atoms with Crippen molar-refractivity contribution < 1.29 is 14.0 Å². The summed E-state index contributed by atoms with van der Waals surface area (Å²) in [6.07, 6.45) is 6.56. The smallest absolute Gasteiger partial charge is 0.265 e. The minimum Gasteiger partial charge on any atom is -0.352 e. The van der Waals surface area contributed by atoms with Gasteiger partial charge in [0.25, 0.3) is 11.8 Å². The van der Waals surface area contributed by atoms with Crippen molar-refractivity contribution in [1.29, 1.82) is 0 Å². The summed E-state index contributed by atoms with van der Waals surface area (Å²) in [5, 5.41) is 3.04. The van der Waals surface area contributed by atoms with Gasteiger partial charge in [0.2, 0.25) is 0 Å². The highest BCUT2D eigenvalue weighted by Crippen LogP contribution is 2.42. The molecule has 2 aliphatic rings. The lowest BCUT2D eigenvalue weighted by atomic mass is 9.97. The Kier molecular flexibility index (Phi) is 9.02. The molecule has 2 heterocycles. The van der Waals surface area contributed by atoms with Crippen molar-refractivity contribution in [3.05, 3.63) is 100 Å². The molecule has 40 heavy (non-hydrogen) atoms. The van der Waals surface area contributed by atoms with Crippen molar-refractivity contribution in [1.82, 2.24) is 10.2 Å². The van der Waals surface area contributed by atoms with Crippen LogP contribution in [0.4, 0.5) is 10.1 Å². The normalized spacial score (nSPS) is 20.4. The molecule has 3 aromatic rings. The highest BCUT2D eigenvalue weighted by atomic mass is 32.2. The molecule has 0 aliphatic carbocycles. The van der Waals surface area contributed by atoms with Gasteiger partial charge in [0.05, 0.1) is 17.1 Å². The number of likely N-dealkylation sites (tertiary alicyclic amines) is 1. The van der Waals surface area contributed by atoms with Gasteiger partial charge in [0, 0.05) is 41.2 Å². The van der Waals surface area contributed by atoms with Crippen LogP contribution in [0.15, 0.2) is 82.6 Å². The molecule has 1 N–H and O–H groups in total. The number of thioether (sulfide) groups is 1. The largest absolute Gasteiger partial charge is 0.352 e. The van der Waals surface area contributed by atoms with Crippen LogP contribution < -0.4 is 10.2 Å². The molecule has 2 unspecified atom stereocenters. The first-order chi connectivity index (χ1) is 19.4. The number of hydrogen-bond acceptors (Lipinski definition) is 4. The number of halogens is 1. The van der Waals surface area contributed by atoms with Crippen LogP contribution in [-0.4, -0.2) is 41.9 Å². The van der Waals surface area contributed by atoms with E-state index in [2.05, 4.69) is 24.1 Å². The van der Waals surface area contributed by atoms with Crippen LogP contribution in [0.5, 0.6) is 0 Å². The Morgan fingerprint density at radius 1 is 1.00 bits per heavy atom. The van der Waals surface area contributed by atoms with E-state index < -0.39 is 0 Å². The maximum Gasteiger partial charge on any atom is 0.265 e. The monoisotopic (exact) mass is 557 g/mol. The topological polar surface area (TPSA) is 52.7 Å². The molecule has 208 valence electrons. The minimum absolute atomic E-state index is 0.0907. The van der Waals surface area contributed by atoms with Gasteiger partial charge in [-0.25, -0.2) is 4.39 Å². The summed E-state index contributed by atoms with van der Waals surface area (Å²) in [5.41, 5.74) is 2.66. The van der Waals surface area contributed by atoms with E-state index in [1.165, 1.54) is 37.1 Å². The maximum absolute atomic E-state index is 14.4. The van der Waals surface area contributed by atoms with Gasteiger partial charge in [-0.2, -0.15) is 0 Å². The number of para-hydroxylation sites is 1. The first-order valence-corrected chi connectivity index (χ1v) is 14.9. The Balaban J connectivity index is 1.23. The Labute approximate surface area is 240 Å². The third-order valence-corrected chi connectivity index (χ3v) is 8.92. The van der Waals surface area contributed by atoms with E-state index in [1.807, 2.05) is 42.5 Å². The fourth-order valence-electron chi connectivity index (χ4n) is 5.58. The predicted octanol–water partition coefficient (Wildman–Crippen LogP) is 6.89. The van der Waals surface area contributed by atoms with E-state index in [0.717, 1.165) is 29.1 Å². The molecule has 1 saturated heterocycles. The summed E-state index contributed by atoms with van der Waals surface area (Å²) in [5.74, 6) is -0.598. The molecular weight excluding hydrogens is 521 g/mol. The van der Waals surface area contributed by atoms with Crippen LogP contribution in [0.3, 0.4) is 0 Å². The molecule has 0 radical (unpaired) electrons. The zero-order valence-electron chi connectivity index (χ0n) is 23.1. The SMILES string of the molecule is CC1CCCC(C)N1CCCNC(=O)c1ccc(/C=C2\Sc3ccccc3N(Cc3ccccc3F)C2=O)cc1. The van der Waals surface area contributed by atoms with E-state index in [9.17, 15) is 14.0 Å². The second-order valence-corrected chi connectivity index (χ2v) is 11.7. The van der Waals surface area contributed by atoms with Gasteiger partial charge in [-0.3, -0.25) is 14.5 Å². The van der Waals surface area contributed by atoms with Crippen molar-refractivity contribution in [2.24, 2.45) is 0 Å². The van der Waals surface area contributed by atoms with Gasteiger partial charge in [-0.05, 0) is 75.1 Å². The number of nitrogens with zero attached hydrogens (tertiary/aromatic N) is 2. The van der Waals surface area contributed by atoms with Gasteiger partial charge in [-0.1, -0.05) is 60.6 Å². The zero-order chi connectivity index (χ0) is 28.1. The standard InChI is InChI=1S/C33H36FN3O2S/c1-23-9-7-10-24(2)36(23)20-8-19-35-32(38)26-17-15-25(16-18-26)21-31-33(39)37(22-27-11-3-4-12-28(27)34)29-13-5-6-14-30(29)40-31/h3-6,11-18,21,23-24H,7-10,19-20,22H2,1-2H3,(H,35,38)/b31-21-. The molecule has 5 rings (SSSR count). The highest BCUT2D eigenvalue weighted by Gasteiger charge is 2.29. The average molecular weight is 558 g/mol. The number of benzene rings is 3. The number of rotatable bonds is 8. The van der Waals surface area contributed by atoms with Crippen molar-refractivity contribution >= 4 is 35.3 Å². The van der Waals surface area contributed by atoms with Gasteiger partial charge >= 0.3 is 0 Å². The van der Waals surface area contributed by atoms with Crippen LogP contribution in [-0.2, 0) is 11.3 Å². The maximum atomic E-state index is 14.4. The number of anilines is 1. The summed E-state index contributed by atoms with van der Waals surface area (Å²) >= 11 is 1.41. The lowest BCUT2D eigenvalue weighted by molar-refractivity contribution is -0.114. The number of fused-ring (bicyclic) bond motifs is 1. The summed E-state index contributed by atoms with van der Waals surface area (Å²) in [7, 11) is 0. The fraction of sp³-hybridized carbons (Fsp3) is 0.333. The summed E-state index contributed by atoms with van der Waals surface area (Å²) in [6.45, 7) is 6.38. The Bertz CT molecular complexity index is 1380. The van der Waals surface area contributed by atoms with Crippen molar-refractivity contribution in [3.8, 4) is 0 Å². The van der Waals surface area contributed by atoms with Crippen LogP contribution >= 0.6 is 11.8 Å². The van der Waals surface area contributed by atoms with Crippen molar-refractivity contribution in [3.63, 3.8) is 0 Å². The zero-order valence-corrected chi connectivity index (χ0v) is 23.9. The Morgan fingerprint density at radius 3 is 2.45 bits per heavy atom. The third-order valence-electron chi connectivity index (χ3n) is 7.84. The van der Waals surface area contributed by atoms with E-state index in [4.69, 9.17) is 0 Å². The lowest BCUT2D eigenvalue weighted by Gasteiger charge is -2.39. The van der Waals surface area contributed by atoms with Crippen LogP contribution in [0.2, 0.25) is 0 Å². The molecule has 0 spiro atoms. The number of carbonyl (C=O) groups excluding carboxylic acids is 2. The van der Waals surface area contributed by atoms with Crippen LogP contribution in [0.25, 0.3) is 6.08 Å². The van der Waals surface area contributed by atoms with Gasteiger partial charge in [-0.15, -0.1) is 0 Å². The minimum atomic E-state index is -0.332. The molecule has 0 aromatic heterocycles. The predicted molar refractivity (Wildman–Crippen MR) is 161 cm³/mol. The Morgan fingerprint density at radius 2 is 1.70 bits per heavy atom. The number of nitrogens with one attached hydrogen (secondary N) is 1. The van der Waals surface area contributed by atoms with E-state index in [-0.39, 0.29) is 24.2 Å². The summed E-state index contributed by atoms with van der Waals surface area (Å²) in [4.78, 5) is 31.9. The van der Waals surface area contributed by atoms with E-state index in [1.54, 1.807) is 35.2 Å².